The minimum Gasteiger partial charge on any atom is -0.504 e. The van der Waals surface area contributed by atoms with Gasteiger partial charge in [-0.2, -0.15) is 0 Å². The second-order valence-corrected chi connectivity index (χ2v) is 7.44. The summed E-state index contributed by atoms with van der Waals surface area (Å²) in [5.41, 5.74) is -0.777. The molecule has 1 aromatic heterocycles. The first-order valence-corrected chi connectivity index (χ1v) is 9.64. The number of hydrogen-bond acceptors (Lipinski definition) is 12. The molecule has 0 spiro atoms. The number of rotatable bonds is 4. The van der Waals surface area contributed by atoms with Crippen LogP contribution < -0.4 is 10.2 Å². The number of aliphatic hydroxyl groups is 4. The Morgan fingerprint density at radius 3 is 2.27 bits per heavy atom. The predicted molar refractivity (Wildman–Crippen MR) is 109 cm³/mol. The molecule has 0 unspecified atom stereocenters. The summed E-state index contributed by atoms with van der Waals surface area (Å²) in [5, 5.41) is 78.8. The van der Waals surface area contributed by atoms with Gasteiger partial charge in [0.1, 0.15) is 41.1 Å². The van der Waals surface area contributed by atoms with Crippen LogP contribution in [0.4, 0.5) is 0 Å². The highest BCUT2D eigenvalue weighted by Gasteiger charge is 2.45. The summed E-state index contributed by atoms with van der Waals surface area (Å²) in [6.45, 7) is -0.723. The molecule has 3 aromatic rings. The van der Waals surface area contributed by atoms with E-state index < -0.39 is 65.7 Å². The molecule has 5 atom stereocenters. The Balaban J connectivity index is 1.75. The molecule has 12 nitrogen and oxygen atoms in total. The molecule has 0 bridgehead atoms. The molecule has 2 aromatic carbocycles. The Bertz CT molecular complexity index is 1250. The van der Waals surface area contributed by atoms with Crippen molar-refractivity contribution in [1.29, 1.82) is 0 Å². The normalized spacial score (nSPS) is 25.3. The molecule has 2 heterocycles. The van der Waals surface area contributed by atoms with Gasteiger partial charge >= 0.3 is 0 Å². The number of ether oxygens (including phenoxy) is 2. The van der Waals surface area contributed by atoms with Crippen LogP contribution in [0.15, 0.2) is 39.5 Å². The van der Waals surface area contributed by atoms with Gasteiger partial charge in [0, 0.05) is 17.7 Å². The molecule has 1 saturated heterocycles. The zero-order valence-electron chi connectivity index (χ0n) is 16.7. The van der Waals surface area contributed by atoms with Crippen LogP contribution in [0.5, 0.6) is 28.7 Å². The van der Waals surface area contributed by atoms with Gasteiger partial charge in [0.25, 0.3) is 0 Å². The molecular weight excluding hydrogens is 444 g/mol. The van der Waals surface area contributed by atoms with Crippen LogP contribution in [-0.2, 0) is 4.74 Å². The lowest BCUT2D eigenvalue weighted by Gasteiger charge is -2.39. The van der Waals surface area contributed by atoms with E-state index in [4.69, 9.17) is 13.9 Å². The Morgan fingerprint density at radius 2 is 1.61 bits per heavy atom. The van der Waals surface area contributed by atoms with Crippen LogP contribution in [-0.4, -0.2) is 78.2 Å². The first kappa shape index (κ1) is 22.6. The average molecular weight is 464 g/mol. The van der Waals surface area contributed by atoms with Gasteiger partial charge in [0.05, 0.1) is 6.61 Å². The van der Waals surface area contributed by atoms with Gasteiger partial charge < -0.3 is 54.7 Å². The van der Waals surface area contributed by atoms with Crippen molar-refractivity contribution >= 4 is 11.0 Å². The first-order valence-electron chi connectivity index (χ1n) is 9.64. The molecule has 0 amide bonds. The van der Waals surface area contributed by atoms with Crippen LogP contribution >= 0.6 is 0 Å². The average Bonchev–Trinajstić information content (AvgIpc) is 2.77. The highest BCUT2D eigenvalue weighted by Crippen LogP contribution is 2.43. The summed E-state index contributed by atoms with van der Waals surface area (Å²) in [5.74, 6) is -3.11. The Kier molecular flexibility index (Phi) is 5.78. The molecule has 0 aliphatic carbocycles. The maximum atomic E-state index is 12.7. The quantitative estimate of drug-likeness (QED) is 0.229. The Labute approximate surface area is 184 Å². The van der Waals surface area contributed by atoms with E-state index >= 15 is 0 Å². The fourth-order valence-electron chi connectivity index (χ4n) is 3.49. The van der Waals surface area contributed by atoms with Crippen LogP contribution in [0, 0.1) is 0 Å². The van der Waals surface area contributed by atoms with Crippen LogP contribution in [0.25, 0.3) is 22.3 Å². The van der Waals surface area contributed by atoms with Gasteiger partial charge in [-0.25, -0.2) is 0 Å². The summed E-state index contributed by atoms with van der Waals surface area (Å²) in [4.78, 5) is 12.7. The summed E-state index contributed by atoms with van der Waals surface area (Å²) >= 11 is 0. The fourth-order valence-corrected chi connectivity index (χ4v) is 3.49. The van der Waals surface area contributed by atoms with Crippen molar-refractivity contribution in [2.45, 2.75) is 30.7 Å². The number of aromatic hydroxyl groups is 4. The number of hydrogen-bond donors (Lipinski definition) is 8. The fraction of sp³-hybridized carbons (Fsp3) is 0.286. The Morgan fingerprint density at radius 1 is 0.879 bits per heavy atom. The molecule has 4 rings (SSSR count). The molecule has 0 radical (unpaired) electrons. The van der Waals surface area contributed by atoms with E-state index in [1.807, 2.05) is 0 Å². The van der Waals surface area contributed by atoms with Crippen LogP contribution in [0.2, 0.25) is 0 Å². The number of aliphatic hydroxyl groups excluding tert-OH is 4. The first-order chi connectivity index (χ1) is 15.6. The SMILES string of the molecule is O=c1cc(-c2ccc(O)c(O)c2)oc2cc(O)c(O[C@H]3O[C@@H](CO)[C@H](O)[C@H](O)[C@@H]3O)c(O)c12. The summed E-state index contributed by atoms with van der Waals surface area (Å²) in [6, 6.07) is 5.66. The van der Waals surface area contributed by atoms with Gasteiger partial charge in [-0.05, 0) is 18.2 Å². The van der Waals surface area contributed by atoms with E-state index in [-0.39, 0.29) is 28.0 Å². The van der Waals surface area contributed by atoms with Crippen molar-refractivity contribution in [3.05, 3.63) is 40.6 Å². The maximum Gasteiger partial charge on any atom is 0.229 e. The molecular formula is C21H20O12. The van der Waals surface area contributed by atoms with Gasteiger partial charge in [0.2, 0.25) is 12.0 Å². The number of phenols is 4. The zero-order chi connectivity index (χ0) is 24.0. The second kappa shape index (κ2) is 8.42. The van der Waals surface area contributed by atoms with E-state index in [1.54, 1.807) is 0 Å². The summed E-state index contributed by atoms with van der Waals surface area (Å²) in [6.07, 6.45) is -8.25. The Hall–Kier alpha value is -3.55. The van der Waals surface area contributed by atoms with Gasteiger partial charge in [-0.3, -0.25) is 4.79 Å². The third kappa shape index (κ3) is 3.90. The van der Waals surface area contributed by atoms with Crippen molar-refractivity contribution in [2.24, 2.45) is 0 Å². The van der Waals surface area contributed by atoms with Gasteiger partial charge in [-0.1, -0.05) is 0 Å². The molecule has 1 aliphatic rings. The molecule has 0 saturated carbocycles. The van der Waals surface area contributed by atoms with Crippen molar-refractivity contribution in [2.75, 3.05) is 6.61 Å². The third-order valence-corrected chi connectivity index (χ3v) is 5.27. The third-order valence-electron chi connectivity index (χ3n) is 5.27. The number of benzene rings is 2. The van der Waals surface area contributed by atoms with E-state index in [0.29, 0.717) is 0 Å². The monoisotopic (exact) mass is 464 g/mol. The molecule has 12 heteroatoms. The minimum atomic E-state index is -1.82. The van der Waals surface area contributed by atoms with Crippen LogP contribution in [0.1, 0.15) is 0 Å². The molecule has 1 fully saturated rings. The topological polar surface area (TPSA) is 211 Å². The van der Waals surface area contributed by atoms with Crippen molar-refractivity contribution < 1.29 is 54.7 Å². The van der Waals surface area contributed by atoms with Crippen molar-refractivity contribution in [1.82, 2.24) is 0 Å². The molecule has 1 aliphatic heterocycles. The van der Waals surface area contributed by atoms with E-state index in [2.05, 4.69) is 0 Å². The minimum absolute atomic E-state index is 0.0378. The van der Waals surface area contributed by atoms with E-state index in [9.17, 15) is 45.6 Å². The molecule has 33 heavy (non-hydrogen) atoms. The standard InChI is InChI=1S/C21H20O12/c22-6-14-16(27)18(29)19(30)21(32-14)33-20-11(26)5-13-15(17(20)28)10(25)4-12(31-13)7-1-2-8(23)9(24)3-7/h1-5,14,16,18-19,21-24,26-30H,6H2/t14-,16-,18-,19-,21+/m0/s1. The van der Waals surface area contributed by atoms with Gasteiger partial charge in [-0.15, -0.1) is 0 Å². The van der Waals surface area contributed by atoms with E-state index in [1.165, 1.54) is 12.1 Å². The highest BCUT2D eigenvalue weighted by molar-refractivity contribution is 5.89. The lowest BCUT2D eigenvalue weighted by molar-refractivity contribution is -0.277. The highest BCUT2D eigenvalue weighted by atomic mass is 16.7. The maximum absolute atomic E-state index is 12.7. The van der Waals surface area contributed by atoms with Crippen molar-refractivity contribution in [3.63, 3.8) is 0 Å². The summed E-state index contributed by atoms with van der Waals surface area (Å²) < 4.78 is 16.0. The molecule has 176 valence electrons. The smallest absolute Gasteiger partial charge is 0.229 e. The lowest BCUT2D eigenvalue weighted by atomic mass is 9.99. The zero-order valence-corrected chi connectivity index (χ0v) is 16.7. The number of fused-ring (bicyclic) bond motifs is 1. The summed E-state index contributed by atoms with van der Waals surface area (Å²) in [7, 11) is 0. The predicted octanol–water partition coefficient (Wildman–Crippen LogP) is -0.539. The molecule has 8 N–H and O–H groups in total. The lowest BCUT2D eigenvalue weighted by Crippen LogP contribution is -2.60. The van der Waals surface area contributed by atoms with Gasteiger partial charge in [0.15, 0.2) is 28.4 Å². The van der Waals surface area contributed by atoms with Crippen LogP contribution in [0.3, 0.4) is 0 Å². The largest absolute Gasteiger partial charge is 0.504 e. The van der Waals surface area contributed by atoms with Crippen molar-refractivity contribution in [3.8, 4) is 40.1 Å². The van der Waals surface area contributed by atoms with E-state index in [0.717, 1.165) is 18.2 Å². The second-order valence-electron chi connectivity index (χ2n) is 7.44. The number of phenolic OH excluding ortho intramolecular Hbond substituents is 4.